The summed E-state index contributed by atoms with van der Waals surface area (Å²) in [4.78, 5) is 30.2. The van der Waals surface area contributed by atoms with E-state index in [1.807, 2.05) is 34.3 Å². The fraction of sp³-hybridized carbons (Fsp3) is 0.0952. The maximum Gasteiger partial charge on any atom is 0.232 e. The Balaban J connectivity index is 1.36. The summed E-state index contributed by atoms with van der Waals surface area (Å²) in [6.07, 6.45) is 3.93. The van der Waals surface area contributed by atoms with Gasteiger partial charge in [-0.25, -0.2) is 9.37 Å². The average molecular weight is 406 g/mol. The van der Waals surface area contributed by atoms with E-state index in [-0.39, 0.29) is 18.2 Å². The lowest BCUT2D eigenvalue weighted by atomic mass is 9.89. The molecule has 1 atom stereocenters. The molecular weight excluding hydrogens is 391 g/mol. The molecule has 3 heterocycles. The van der Waals surface area contributed by atoms with Crippen molar-refractivity contribution in [2.45, 2.75) is 12.3 Å². The topological polar surface area (TPSA) is 75.5 Å². The molecule has 0 spiro atoms. The molecule has 0 saturated heterocycles. The first-order chi connectivity index (χ1) is 14.1. The molecule has 0 bridgehead atoms. The number of fused-ring (bicyclic) bond motifs is 2. The number of thiazole rings is 1. The molecule has 6 nitrogen and oxygen atoms in total. The number of imidazole rings is 1. The van der Waals surface area contributed by atoms with Crippen molar-refractivity contribution in [2.24, 2.45) is 0 Å². The number of carbonyl (C=O) groups excluding carboxylic acids is 2. The number of nitrogens with zero attached hydrogens (tertiary/aromatic N) is 2. The van der Waals surface area contributed by atoms with Crippen LogP contribution in [-0.2, 0) is 9.59 Å². The number of hydrogen-bond donors (Lipinski definition) is 2. The minimum atomic E-state index is -0.668. The number of halogens is 1. The first-order valence-corrected chi connectivity index (χ1v) is 9.87. The second-order valence-electron chi connectivity index (χ2n) is 6.82. The molecule has 0 saturated carbocycles. The van der Waals surface area contributed by atoms with Crippen LogP contribution in [0.1, 0.15) is 17.9 Å². The second kappa shape index (κ2) is 6.82. The number of rotatable bonds is 3. The van der Waals surface area contributed by atoms with Gasteiger partial charge in [0.05, 0.1) is 11.6 Å². The molecule has 0 fully saturated rings. The van der Waals surface area contributed by atoms with E-state index >= 15 is 0 Å². The van der Waals surface area contributed by atoms with E-state index in [1.165, 1.54) is 12.1 Å². The van der Waals surface area contributed by atoms with Crippen LogP contribution in [0.4, 0.5) is 15.8 Å². The van der Waals surface area contributed by atoms with E-state index in [4.69, 9.17) is 0 Å². The lowest BCUT2D eigenvalue weighted by molar-refractivity contribution is -0.123. The Labute approximate surface area is 169 Å². The Kier molecular flexibility index (Phi) is 4.13. The van der Waals surface area contributed by atoms with Crippen molar-refractivity contribution in [1.82, 2.24) is 9.38 Å². The molecule has 5 rings (SSSR count). The van der Waals surface area contributed by atoms with Gasteiger partial charge in [-0.1, -0.05) is 18.2 Å². The highest BCUT2D eigenvalue weighted by molar-refractivity contribution is 7.15. The average Bonchev–Trinajstić information content (AvgIpc) is 3.30. The zero-order valence-corrected chi connectivity index (χ0v) is 15.9. The van der Waals surface area contributed by atoms with Crippen LogP contribution in [-0.4, -0.2) is 21.2 Å². The Morgan fingerprint density at radius 3 is 2.86 bits per heavy atom. The number of aromatic nitrogens is 2. The van der Waals surface area contributed by atoms with Crippen LogP contribution in [0.15, 0.2) is 60.2 Å². The normalized spacial score (nSPS) is 15.8. The van der Waals surface area contributed by atoms with Gasteiger partial charge < -0.3 is 10.6 Å². The van der Waals surface area contributed by atoms with E-state index in [9.17, 15) is 14.0 Å². The van der Waals surface area contributed by atoms with E-state index in [1.54, 1.807) is 29.5 Å². The van der Waals surface area contributed by atoms with Gasteiger partial charge in [0.15, 0.2) is 4.96 Å². The fourth-order valence-corrected chi connectivity index (χ4v) is 4.19. The number of benzene rings is 2. The molecule has 2 N–H and O–H groups in total. The van der Waals surface area contributed by atoms with E-state index < -0.39 is 11.7 Å². The molecule has 2 aromatic heterocycles. The first-order valence-electron chi connectivity index (χ1n) is 8.99. The summed E-state index contributed by atoms with van der Waals surface area (Å²) >= 11 is 1.56. The van der Waals surface area contributed by atoms with Gasteiger partial charge in [0.25, 0.3) is 0 Å². The SMILES string of the molecule is O=C1CC(C(=O)Nc2ccc(-c3cn4ccsc4n3)cc2)c2ccc(F)cc2N1. The highest BCUT2D eigenvalue weighted by atomic mass is 32.1. The number of nitrogens with one attached hydrogen (secondary N) is 2. The number of carbonyl (C=O) groups is 2. The zero-order chi connectivity index (χ0) is 20.0. The van der Waals surface area contributed by atoms with Crippen LogP contribution in [0.5, 0.6) is 0 Å². The minimum Gasteiger partial charge on any atom is -0.326 e. The van der Waals surface area contributed by atoms with Crippen molar-refractivity contribution in [3.05, 3.63) is 71.6 Å². The third-order valence-electron chi connectivity index (χ3n) is 4.91. The largest absolute Gasteiger partial charge is 0.326 e. The van der Waals surface area contributed by atoms with Gasteiger partial charge in [-0.15, -0.1) is 11.3 Å². The van der Waals surface area contributed by atoms with Crippen LogP contribution in [0.2, 0.25) is 0 Å². The van der Waals surface area contributed by atoms with E-state index in [2.05, 4.69) is 15.6 Å². The molecule has 144 valence electrons. The summed E-state index contributed by atoms with van der Waals surface area (Å²) in [7, 11) is 0. The third kappa shape index (κ3) is 3.27. The summed E-state index contributed by atoms with van der Waals surface area (Å²) in [5, 5.41) is 7.44. The van der Waals surface area contributed by atoms with Crippen LogP contribution in [0.3, 0.4) is 0 Å². The van der Waals surface area contributed by atoms with Crippen molar-refractivity contribution in [2.75, 3.05) is 10.6 Å². The lowest BCUT2D eigenvalue weighted by Gasteiger charge is -2.24. The summed E-state index contributed by atoms with van der Waals surface area (Å²) in [5.74, 6) is -1.74. The standard InChI is InChI=1S/C21H15FN4O2S/c22-13-3-6-15-16(10-19(27)24-17(15)9-13)20(28)23-14-4-1-12(2-5-14)18-11-26-7-8-29-21(26)25-18/h1-9,11,16H,10H2,(H,23,28)(H,24,27). The number of amides is 2. The Morgan fingerprint density at radius 1 is 1.24 bits per heavy atom. The quantitative estimate of drug-likeness (QED) is 0.534. The smallest absolute Gasteiger partial charge is 0.232 e. The van der Waals surface area contributed by atoms with Crippen LogP contribution in [0.25, 0.3) is 16.2 Å². The molecule has 0 aliphatic carbocycles. The lowest BCUT2D eigenvalue weighted by Crippen LogP contribution is -2.30. The molecule has 2 aromatic carbocycles. The number of anilines is 2. The van der Waals surface area contributed by atoms with Crippen LogP contribution < -0.4 is 10.6 Å². The third-order valence-corrected chi connectivity index (χ3v) is 5.68. The fourth-order valence-electron chi connectivity index (χ4n) is 3.49. The predicted molar refractivity (Wildman–Crippen MR) is 110 cm³/mol. The molecular formula is C21H15FN4O2S. The predicted octanol–water partition coefficient (Wildman–Crippen LogP) is 4.27. The Bertz CT molecular complexity index is 1220. The highest BCUT2D eigenvalue weighted by Gasteiger charge is 2.31. The minimum absolute atomic E-state index is 0.0218. The van der Waals surface area contributed by atoms with Gasteiger partial charge in [-0.2, -0.15) is 0 Å². The number of hydrogen-bond acceptors (Lipinski definition) is 4. The maximum absolute atomic E-state index is 13.5. The molecule has 8 heteroatoms. The van der Waals surface area contributed by atoms with Crippen molar-refractivity contribution in [3.8, 4) is 11.3 Å². The Morgan fingerprint density at radius 2 is 2.07 bits per heavy atom. The van der Waals surface area contributed by atoms with Crippen LogP contribution in [0, 0.1) is 5.82 Å². The molecule has 0 radical (unpaired) electrons. The zero-order valence-electron chi connectivity index (χ0n) is 15.1. The van der Waals surface area contributed by atoms with Gasteiger partial charge in [0.1, 0.15) is 5.82 Å². The summed E-state index contributed by atoms with van der Waals surface area (Å²) < 4.78 is 15.4. The second-order valence-corrected chi connectivity index (χ2v) is 7.70. The van der Waals surface area contributed by atoms with Crippen molar-refractivity contribution < 1.29 is 14.0 Å². The van der Waals surface area contributed by atoms with Gasteiger partial charge in [0, 0.05) is 41.1 Å². The van der Waals surface area contributed by atoms with Crippen molar-refractivity contribution >= 4 is 39.5 Å². The molecule has 29 heavy (non-hydrogen) atoms. The van der Waals surface area contributed by atoms with Crippen LogP contribution >= 0.6 is 11.3 Å². The monoisotopic (exact) mass is 406 g/mol. The summed E-state index contributed by atoms with van der Waals surface area (Å²) in [5.41, 5.74) is 3.37. The van der Waals surface area contributed by atoms with E-state index in [0.717, 1.165) is 16.2 Å². The summed E-state index contributed by atoms with van der Waals surface area (Å²) in [6, 6.07) is 11.4. The first kappa shape index (κ1) is 17.6. The molecule has 1 aliphatic heterocycles. The van der Waals surface area contributed by atoms with Crippen molar-refractivity contribution in [3.63, 3.8) is 0 Å². The van der Waals surface area contributed by atoms with Gasteiger partial charge in [-0.05, 0) is 29.8 Å². The molecule has 4 aromatic rings. The maximum atomic E-state index is 13.5. The Hall–Kier alpha value is -3.52. The summed E-state index contributed by atoms with van der Waals surface area (Å²) in [6.45, 7) is 0. The van der Waals surface area contributed by atoms with Gasteiger partial charge >= 0.3 is 0 Å². The highest BCUT2D eigenvalue weighted by Crippen LogP contribution is 2.33. The van der Waals surface area contributed by atoms with E-state index in [0.29, 0.717) is 16.9 Å². The molecule has 2 amide bonds. The van der Waals surface area contributed by atoms with Gasteiger partial charge in [-0.3, -0.25) is 14.0 Å². The molecule has 1 aliphatic rings. The van der Waals surface area contributed by atoms with Gasteiger partial charge in [0.2, 0.25) is 11.8 Å². The molecule has 1 unspecified atom stereocenters. The van der Waals surface area contributed by atoms with Crippen molar-refractivity contribution in [1.29, 1.82) is 0 Å².